The summed E-state index contributed by atoms with van der Waals surface area (Å²) < 4.78 is 5.25. The Morgan fingerprint density at radius 3 is 2.81 bits per heavy atom. The molecular weight excluding hydrogens is 262 g/mol. The molecule has 2 rings (SSSR count). The van der Waals surface area contributed by atoms with Crippen LogP contribution >= 0.6 is 0 Å². The highest BCUT2D eigenvalue weighted by Gasteiger charge is 2.23. The van der Waals surface area contributed by atoms with E-state index in [0.717, 1.165) is 49.7 Å². The van der Waals surface area contributed by atoms with Crippen LogP contribution in [0.1, 0.15) is 50.2 Å². The van der Waals surface area contributed by atoms with Crippen LogP contribution in [0.3, 0.4) is 0 Å². The Kier molecular flexibility index (Phi) is 5.57. The van der Waals surface area contributed by atoms with Crippen LogP contribution in [-0.4, -0.2) is 12.6 Å². The van der Waals surface area contributed by atoms with Gasteiger partial charge in [0.1, 0.15) is 11.6 Å². The summed E-state index contributed by atoms with van der Waals surface area (Å²) in [6.45, 7) is 2.54. The Hall–Kier alpha value is -2.08. The number of nitrogens with zero attached hydrogens (tertiary/aromatic N) is 1. The molecule has 3 heteroatoms. The summed E-state index contributed by atoms with van der Waals surface area (Å²) in [5.74, 6) is -0.472. The number of nitriles is 1. The number of rotatable bonds is 6. The Balaban J connectivity index is 2.05. The molecule has 0 aromatic heterocycles. The maximum absolute atomic E-state index is 12.1. The molecule has 1 aromatic rings. The molecule has 3 nitrogen and oxygen atoms in total. The molecule has 0 heterocycles. The van der Waals surface area contributed by atoms with Crippen molar-refractivity contribution < 1.29 is 9.53 Å². The van der Waals surface area contributed by atoms with E-state index in [1.165, 1.54) is 5.56 Å². The quantitative estimate of drug-likeness (QED) is 0.343. The van der Waals surface area contributed by atoms with Gasteiger partial charge in [0.15, 0.2) is 0 Å². The number of fused-ring (bicyclic) bond motifs is 1. The molecule has 0 aliphatic heterocycles. The number of ether oxygens (including phenoxy) is 1. The van der Waals surface area contributed by atoms with E-state index in [9.17, 15) is 10.1 Å². The number of aryl methyl sites for hydroxylation is 1. The number of carbonyl (C=O) groups excluding carboxylic acids is 1. The van der Waals surface area contributed by atoms with Crippen molar-refractivity contribution in [2.24, 2.45) is 0 Å². The van der Waals surface area contributed by atoms with Gasteiger partial charge in [0.25, 0.3) is 0 Å². The SMILES string of the molecule is CCCCCCOC(=O)/C(C#N)=C1\CCc2ccccc21. The molecule has 0 unspecified atom stereocenters. The van der Waals surface area contributed by atoms with Gasteiger partial charge in [-0.05, 0) is 36.0 Å². The van der Waals surface area contributed by atoms with Crippen molar-refractivity contribution in [2.75, 3.05) is 6.61 Å². The van der Waals surface area contributed by atoms with Crippen molar-refractivity contribution in [2.45, 2.75) is 45.4 Å². The molecule has 0 atom stereocenters. The highest BCUT2D eigenvalue weighted by Crippen LogP contribution is 2.34. The predicted molar refractivity (Wildman–Crippen MR) is 82.4 cm³/mol. The third kappa shape index (κ3) is 3.72. The van der Waals surface area contributed by atoms with E-state index in [-0.39, 0.29) is 5.57 Å². The Morgan fingerprint density at radius 2 is 2.05 bits per heavy atom. The number of benzene rings is 1. The van der Waals surface area contributed by atoms with E-state index >= 15 is 0 Å². The Labute approximate surface area is 126 Å². The molecule has 1 aliphatic rings. The lowest BCUT2D eigenvalue weighted by atomic mass is 10.0. The first-order valence-electron chi connectivity index (χ1n) is 7.66. The maximum Gasteiger partial charge on any atom is 0.349 e. The predicted octanol–water partition coefficient (Wildman–Crippen LogP) is 4.03. The fourth-order valence-corrected chi connectivity index (χ4v) is 2.69. The number of hydrogen-bond donors (Lipinski definition) is 0. The van der Waals surface area contributed by atoms with Gasteiger partial charge >= 0.3 is 5.97 Å². The first-order valence-corrected chi connectivity index (χ1v) is 7.66. The van der Waals surface area contributed by atoms with Crippen LogP contribution in [0.4, 0.5) is 0 Å². The minimum absolute atomic E-state index is 0.176. The van der Waals surface area contributed by atoms with Gasteiger partial charge in [-0.25, -0.2) is 4.79 Å². The second kappa shape index (κ2) is 7.64. The summed E-state index contributed by atoms with van der Waals surface area (Å²) >= 11 is 0. The minimum atomic E-state index is -0.472. The summed E-state index contributed by atoms with van der Waals surface area (Å²) in [4.78, 5) is 12.1. The van der Waals surface area contributed by atoms with Crippen molar-refractivity contribution in [3.8, 4) is 6.07 Å². The van der Waals surface area contributed by atoms with Crippen molar-refractivity contribution in [1.29, 1.82) is 5.26 Å². The molecule has 0 N–H and O–H groups in total. The number of unbranched alkanes of at least 4 members (excludes halogenated alkanes) is 3. The summed E-state index contributed by atoms with van der Waals surface area (Å²) in [5.41, 5.74) is 3.25. The monoisotopic (exact) mass is 283 g/mol. The maximum atomic E-state index is 12.1. The first-order chi connectivity index (χ1) is 10.3. The number of allylic oxidation sites excluding steroid dienone is 1. The van der Waals surface area contributed by atoms with E-state index in [2.05, 4.69) is 6.92 Å². The summed E-state index contributed by atoms with van der Waals surface area (Å²) in [5, 5.41) is 9.31. The average Bonchev–Trinajstić information content (AvgIpc) is 2.92. The normalized spacial score (nSPS) is 15.2. The zero-order chi connectivity index (χ0) is 15.1. The van der Waals surface area contributed by atoms with Crippen LogP contribution in [0.25, 0.3) is 5.57 Å². The third-order valence-electron chi connectivity index (χ3n) is 3.84. The molecule has 110 valence electrons. The van der Waals surface area contributed by atoms with Crippen molar-refractivity contribution in [3.05, 3.63) is 41.0 Å². The van der Waals surface area contributed by atoms with E-state index in [1.807, 2.05) is 30.3 Å². The fraction of sp³-hybridized carbons (Fsp3) is 0.444. The van der Waals surface area contributed by atoms with Crippen LogP contribution in [-0.2, 0) is 16.0 Å². The molecule has 21 heavy (non-hydrogen) atoms. The van der Waals surface area contributed by atoms with Crippen molar-refractivity contribution in [1.82, 2.24) is 0 Å². The highest BCUT2D eigenvalue weighted by molar-refractivity contribution is 6.02. The lowest BCUT2D eigenvalue weighted by molar-refractivity contribution is -0.138. The van der Waals surface area contributed by atoms with Crippen LogP contribution in [0, 0.1) is 11.3 Å². The lowest BCUT2D eigenvalue weighted by Crippen LogP contribution is -2.09. The van der Waals surface area contributed by atoms with E-state index in [1.54, 1.807) is 0 Å². The third-order valence-corrected chi connectivity index (χ3v) is 3.84. The summed E-state index contributed by atoms with van der Waals surface area (Å²) in [6, 6.07) is 9.99. The van der Waals surface area contributed by atoms with Crippen LogP contribution in [0.2, 0.25) is 0 Å². The average molecular weight is 283 g/mol. The highest BCUT2D eigenvalue weighted by atomic mass is 16.5. The number of carbonyl (C=O) groups is 1. The smallest absolute Gasteiger partial charge is 0.349 e. The second-order valence-corrected chi connectivity index (χ2v) is 5.32. The van der Waals surface area contributed by atoms with Gasteiger partial charge in [0, 0.05) is 0 Å². The zero-order valence-corrected chi connectivity index (χ0v) is 12.5. The summed E-state index contributed by atoms with van der Waals surface area (Å²) in [6.07, 6.45) is 5.86. The van der Waals surface area contributed by atoms with Gasteiger partial charge in [-0.3, -0.25) is 0 Å². The molecular formula is C18H21NO2. The minimum Gasteiger partial charge on any atom is -0.462 e. The number of esters is 1. The van der Waals surface area contributed by atoms with Crippen molar-refractivity contribution in [3.63, 3.8) is 0 Å². The molecule has 0 radical (unpaired) electrons. The lowest BCUT2D eigenvalue weighted by Gasteiger charge is -2.07. The first kappa shape index (κ1) is 15.3. The Morgan fingerprint density at radius 1 is 1.24 bits per heavy atom. The molecule has 1 aliphatic carbocycles. The van der Waals surface area contributed by atoms with Gasteiger partial charge < -0.3 is 4.74 Å². The molecule has 0 saturated carbocycles. The van der Waals surface area contributed by atoms with Gasteiger partial charge in [-0.2, -0.15) is 5.26 Å². The zero-order valence-electron chi connectivity index (χ0n) is 12.5. The van der Waals surface area contributed by atoms with Crippen LogP contribution in [0.15, 0.2) is 29.8 Å². The van der Waals surface area contributed by atoms with E-state index in [0.29, 0.717) is 6.61 Å². The Bertz CT molecular complexity index is 581. The molecule has 0 bridgehead atoms. The summed E-state index contributed by atoms with van der Waals surface area (Å²) in [7, 11) is 0. The van der Waals surface area contributed by atoms with E-state index < -0.39 is 5.97 Å². The van der Waals surface area contributed by atoms with Crippen LogP contribution < -0.4 is 0 Å². The molecule has 1 aromatic carbocycles. The van der Waals surface area contributed by atoms with Gasteiger partial charge in [-0.1, -0.05) is 50.5 Å². The fourth-order valence-electron chi connectivity index (χ4n) is 2.69. The van der Waals surface area contributed by atoms with Crippen LogP contribution in [0.5, 0.6) is 0 Å². The van der Waals surface area contributed by atoms with Gasteiger partial charge in [0.05, 0.1) is 6.61 Å². The van der Waals surface area contributed by atoms with E-state index in [4.69, 9.17) is 4.74 Å². The standard InChI is InChI=1S/C18H21NO2/c1-2-3-4-7-12-21-18(20)17(13-19)16-11-10-14-8-5-6-9-15(14)16/h5-6,8-9H,2-4,7,10-12H2,1H3/b17-16+. The largest absolute Gasteiger partial charge is 0.462 e. The molecule has 0 amide bonds. The second-order valence-electron chi connectivity index (χ2n) is 5.32. The molecule has 0 spiro atoms. The van der Waals surface area contributed by atoms with Crippen molar-refractivity contribution >= 4 is 11.5 Å². The molecule has 0 fully saturated rings. The van der Waals surface area contributed by atoms with Gasteiger partial charge in [0.2, 0.25) is 0 Å². The topological polar surface area (TPSA) is 50.1 Å². The molecule has 0 saturated heterocycles. The van der Waals surface area contributed by atoms with Gasteiger partial charge in [-0.15, -0.1) is 0 Å². The number of hydrogen-bond acceptors (Lipinski definition) is 3.